The molecule has 1 saturated heterocycles. The molecule has 0 aromatic heterocycles. The maximum atomic E-state index is 6.14. The van der Waals surface area contributed by atoms with Gasteiger partial charge in [0.15, 0.2) is 0 Å². The van der Waals surface area contributed by atoms with Gasteiger partial charge < -0.3 is 10.6 Å². The second-order valence-corrected chi connectivity index (χ2v) is 6.60. The van der Waals surface area contributed by atoms with Crippen LogP contribution >= 0.6 is 15.9 Å². The smallest absolute Gasteiger partial charge is 0.0415 e. The molecule has 1 fully saturated rings. The van der Waals surface area contributed by atoms with Crippen LogP contribution in [0.1, 0.15) is 51.1 Å². The third kappa shape index (κ3) is 3.73. The molecule has 0 amide bonds. The van der Waals surface area contributed by atoms with Gasteiger partial charge in [-0.3, -0.25) is 0 Å². The van der Waals surface area contributed by atoms with Crippen molar-refractivity contribution in [1.82, 2.24) is 0 Å². The standard InChI is InChI=1S/C16H25BrN2/c1-3-13-5-4-9-19(10-8-13)16-7-6-14(17)11-15(16)12(2)18/h6-7,11-13H,3-5,8-10,18H2,1-2H3. The minimum absolute atomic E-state index is 0.0812. The quantitative estimate of drug-likeness (QED) is 0.887. The molecule has 2 nitrogen and oxygen atoms in total. The number of halogens is 1. The zero-order chi connectivity index (χ0) is 13.8. The van der Waals surface area contributed by atoms with Crippen molar-refractivity contribution in [3.63, 3.8) is 0 Å². The number of nitrogens with two attached hydrogens (primary N) is 1. The maximum absolute atomic E-state index is 6.14. The Labute approximate surface area is 125 Å². The molecule has 0 bridgehead atoms. The molecule has 2 atom stereocenters. The first-order valence-electron chi connectivity index (χ1n) is 7.41. The molecule has 1 heterocycles. The van der Waals surface area contributed by atoms with Crippen molar-refractivity contribution < 1.29 is 0 Å². The third-order valence-electron chi connectivity index (χ3n) is 4.25. The molecule has 106 valence electrons. The molecule has 2 unspecified atom stereocenters. The summed E-state index contributed by atoms with van der Waals surface area (Å²) in [7, 11) is 0. The minimum Gasteiger partial charge on any atom is -0.371 e. The van der Waals surface area contributed by atoms with Crippen LogP contribution in [-0.2, 0) is 0 Å². The SMILES string of the molecule is CCC1CCCN(c2ccc(Br)cc2C(C)N)CC1. The second kappa shape index (κ2) is 6.76. The van der Waals surface area contributed by atoms with E-state index in [-0.39, 0.29) is 6.04 Å². The van der Waals surface area contributed by atoms with Crippen LogP contribution in [0.15, 0.2) is 22.7 Å². The number of nitrogens with zero attached hydrogens (tertiary/aromatic N) is 1. The van der Waals surface area contributed by atoms with Gasteiger partial charge in [-0.05, 0) is 55.9 Å². The number of hydrogen-bond acceptors (Lipinski definition) is 2. The van der Waals surface area contributed by atoms with Crippen molar-refractivity contribution in [3.8, 4) is 0 Å². The van der Waals surface area contributed by atoms with E-state index >= 15 is 0 Å². The lowest BCUT2D eigenvalue weighted by molar-refractivity contribution is 0.459. The van der Waals surface area contributed by atoms with Gasteiger partial charge in [-0.15, -0.1) is 0 Å². The first-order chi connectivity index (χ1) is 9.11. The zero-order valence-corrected chi connectivity index (χ0v) is 13.6. The first-order valence-corrected chi connectivity index (χ1v) is 8.21. The lowest BCUT2D eigenvalue weighted by Gasteiger charge is -2.27. The molecule has 19 heavy (non-hydrogen) atoms. The van der Waals surface area contributed by atoms with Gasteiger partial charge in [-0.1, -0.05) is 29.3 Å². The van der Waals surface area contributed by atoms with E-state index < -0.39 is 0 Å². The average Bonchev–Trinajstić information content (AvgIpc) is 2.63. The highest BCUT2D eigenvalue weighted by molar-refractivity contribution is 9.10. The number of benzene rings is 1. The molecule has 1 aliphatic rings. The van der Waals surface area contributed by atoms with Gasteiger partial charge >= 0.3 is 0 Å². The van der Waals surface area contributed by atoms with Crippen LogP contribution in [0.3, 0.4) is 0 Å². The molecule has 1 aromatic carbocycles. The van der Waals surface area contributed by atoms with E-state index in [0.29, 0.717) is 0 Å². The summed E-state index contributed by atoms with van der Waals surface area (Å²) in [5, 5.41) is 0. The van der Waals surface area contributed by atoms with E-state index in [1.54, 1.807) is 0 Å². The Morgan fingerprint density at radius 2 is 2.16 bits per heavy atom. The summed E-state index contributed by atoms with van der Waals surface area (Å²) in [5.41, 5.74) is 8.72. The Balaban J connectivity index is 2.21. The van der Waals surface area contributed by atoms with E-state index in [2.05, 4.69) is 52.9 Å². The summed E-state index contributed by atoms with van der Waals surface area (Å²) in [6, 6.07) is 6.60. The van der Waals surface area contributed by atoms with Crippen LogP contribution in [0.2, 0.25) is 0 Å². The van der Waals surface area contributed by atoms with E-state index in [1.807, 2.05) is 0 Å². The fourth-order valence-corrected chi connectivity index (χ4v) is 3.37. The van der Waals surface area contributed by atoms with Crippen LogP contribution in [0.4, 0.5) is 5.69 Å². The van der Waals surface area contributed by atoms with E-state index in [9.17, 15) is 0 Å². The molecular formula is C16H25BrN2. The Bertz CT molecular complexity index is 417. The summed E-state index contributed by atoms with van der Waals surface area (Å²) in [6.07, 6.45) is 5.29. The largest absolute Gasteiger partial charge is 0.371 e. The highest BCUT2D eigenvalue weighted by atomic mass is 79.9. The average molecular weight is 325 g/mol. The fraction of sp³-hybridized carbons (Fsp3) is 0.625. The van der Waals surface area contributed by atoms with E-state index in [0.717, 1.165) is 16.9 Å². The fourth-order valence-electron chi connectivity index (χ4n) is 2.99. The zero-order valence-electron chi connectivity index (χ0n) is 12.0. The van der Waals surface area contributed by atoms with Gasteiger partial charge in [0.25, 0.3) is 0 Å². The molecule has 0 saturated carbocycles. The van der Waals surface area contributed by atoms with Gasteiger partial charge in [-0.2, -0.15) is 0 Å². The van der Waals surface area contributed by atoms with Gasteiger partial charge in [0.05, 0.1) is 0 Å². The predicted octanol–water partition coefficient (Wildman–Crippen LogP) is 4.49. The molecule has 2 N–H and O–H groups in total. The number of anilines is 1. The van der Waals surface area contributed by atoms with Crippen molar-refractivity contribution >= 4 is 21.6 Å². The van der Waals surface area contributed by atoms with Crippen LogP contribution in [0.25, 0.3) is 0 Å². The van der Waals surface area contributed by atoms with Crippen molar-refractivity contribution in [3.05, 3.63) is 28.2 Å². The van der Waals surface area contributed by atoms with Gasteiger partial charge in [-0.25, -0.2) is 0 Å². The third-order valence-corrected chi connectivity index (χ3v) is 4.74. The summed E-state index contributed by atoms with van der Waals surface area (Å²) < 4.78 is 1.12. The van der Waals surface area contributed by atoms with Gasteiger partial charge in [0.1, 0.15) is 0 Å². The minimum atomic E-state index is 0.0812. The highest BCUT2D eigenvalue weighted by Crippen LogP contribution is 2.31. The Hall–Kier alpha value is -0.540. The molecule has 0 spiro atoms. The molecule has 1 aliphatic heterocycles. The van der Waals surface area contributed by atoms with Crippen molar-refractivity contribution in [2.75, 3.05) is 18.0 Å². The molecule has 0 aliphatic carbocycles. The molecule has 1 aromatic rings. The lowest BCUT2D eigenvalue weighted by Crippen LogP contribution is -2.26. The van der Waals surface area contributed by atoms with Crippen molar-refractivity contribution in [1.29, 1.82) is 0 Å². The van der Waals surface area contributed by atoms with Crippen LogP contribution in [-0.4, -0.2) is 13.1 Å². The number of hydrogen-bond donors (Lipinski definition) is 1. The Morgan fingerprint density at radius 3 is 2.84 bits per heavy atom. The second-order valence-electron chi connectivity index (χ2n) is 5.68. The van der Waals surface area contributed by atoms with E-state index in [4.69, 9.17) is 5.73 Å². The monoisotopic (exact) mass is 324 g/mol. The predicted molar refractivity (Wildman–Crippen MR) is 86.6 cm³/mol. The Morgan fingerprint density at radius 1 is 1.37 bits per heavy atom. The van der Waals surface area contributed by atoms with Gasteiger partial charge in [0, 0.05) is 29.3 Å². The lowest BCUT2D eigenvalue weighted by atomic mass is 9.98. The van der Waals surface area contributed by atoms with Gasteiger partial charge in [0.2, 0.25) is 0 Å². The number of rotatable bonds is 3. The molecule has 2 rings (SSSR count). The molecule has 0 radical (unpaired) electrons. The van der Waals surface area contributed by atoms with Crippen LogP contribution < -0.4 is 10.6 Å². The first kappa shape index (κ1) is 14.9. The summed E-state index contributed by atoms with van der Waals surface area (Å²) in [6.45, 7) is 6.71. The highest BCUT2D eigenvalue weighted by Gasteiger charge is 2.19. The van der Waals surface area contributed by atoms with Crippen molar-refractivity contribution in [2.24, 2.45) is 11.7 Å². The molecular weight excluding hydrogens is 300 g/mol. The summed E-state index contributed by atoms with van der Waals surface area (Å²) in [4.78, 5) is 2.53. The topological polar surface area (TPSA) is 29.3 Å². The Kier molecular flexibility index (Phi) is 5.28. The maximum Gasteiger partial charge on any atom is 0.0415 e. The summed E-state index contributed by atoms with van der Waals surface area (Å²) >= 11 is 3.55. The normalized spacial score (nSPS) is 22.1. The van der Waals surface area contributed by atoms with Crippen molar-refractivity contribution in [2.45, 2.75) is 45.6 Å². The van der Waals surface area contributed by atoms with Crippen LogP contribution in [0, 0.1) is 5.92 Å². The summed E-state index contributed by atoms with van der Waals surface area (Å²) in [5.74, 6) is 0.902. The van der Waals surface area contributed by atoms with E-state index in [1.165, 1.54) is 43.5 Å². The van der Waals surface area contributed by atoms with Crippen LogP contribution in [0.5, 0.6) is 0 Å². The molecule has 3 heteroatoms.